The first-order valence-electron chi connectivity index (χ1n) is 8.96. The van der Waals surface area contributed by atoms with Crippen LogP contribution in [0, 0.1) is 0 Å². The van der Waals surface area contributed by atoms with Gasteiger partial charge in [0, 0.05) is 28.9 Å². The molecule has 0 bridgehead atoms. The Balaban J connectivity index is 1.75. The summed E-state index contributed by atoms with van der Waals surface area (Å²) < 4.78 is 29.1. The van der Waals surface area contributed by atoms with Gasteiger partial charge in [-0.05, 0) is 39.1 Å². The smallest absolute Gasteiger partial charge is 0.408 e. The van der Waals surface area contributed by atoms with Crippen LogP contribution in [0.3, 0.4) is 0 Å². The molecule has 0 aliphatic carbocycles. The van der Waals surface area contributed by atoms with Gasteiger partial charge in [0.2, 0.25) is 0 Å². The average molecular weight is 296 g/mol. The van der Waals surface area contributed by atoms with Crippen molar-refractivity contribution in [3.63, 3.8) is 0 Å². The third-order valence-corrected chi connectivity index (χ3v) is 4.60. The summed E-state index contributed by atoms with van der Waals surface area (Å²) in [6.45, 7) is 1.75. The number of fused-ring (bicyclic) bond motifs is 3. The van der Waals surface area contributed by atoms with Crippen molar-refractivity contribution >= 4 is 29.7 Å². The first-order valence-corrected chi connectivity index (χ1v) is 7.46. The second kappa shape index (κ2) is 4.60. The Morgan fingerprint density at radius 3 is 2.86 bits per heavy atom. The molecule has 0 spiro atoms. The van der Waals surface area contributed by atoms with E-state index in [9.17, 15) is 0 Å². The van der Waals surface area contributed by atoms with Crippen molar-refractivity contribution < 1.29 is 8.53 Å². The summed E-state index contributed by atoms with van der Waals surface area (Å²) in [5, 5.41) is 1.07. The molecule has 22 heavy (non-hydrogen) atoms. The molecule has 112 valence electrons. The highest BCUT2D eigenvalue weighted by atomic mass is 16.3. The average Bonchev–Trinajstić information content (AvgIpc) is 3.07. The first-order chi connectivity index (χ1) is 11.8. The lowest BCUT2D eigenvalue weighted by Crippen LogP contribution is -2.55. The lowest BCUT2D eigenvalue weighted by Gasteiger charge is -2.39. The summed E-state index contributed by atoms with van der Waals surface area (Å²) >= 11 is 0. The van der Waals surface area contributed by atoms with Gasteiger partial charge in [0.15, 0.2) is 0 Å². The van der Waals surface area contributed by atoms with Crippen LogP contribution in [0.25, 0.3) is 17.0 Å². The zero-order valence-corrected chi connectivity index (χ0v) is 12.9. The number of allylic oxidation sites excluding steroid dienone is 1. The van der Waals surface area contributed by atoms with Crippen LogP contribution in [0.15, 0.2) is 46.6 Å². The molecular formula is C17H20BN3O. The predicted octanol–water partition coefficient (Wildman–Crippen LogP) is 3.38. The Labute approximate surface area is 135 Å². The molecule has 0 N–H and O–H groups in total. The molecule has 1 aromatic carbocycles. The number of hydrogen-bond acceptors (Lipinski definition) is 4. The molecule has 1 atom stereocenters. The van der Waals surface area contributed by atoms with Crippen LogP contribution in [-0.4, -0.2) is 36.9 Å². The van der Waals surface area contributed by atoms with E-state index < -0.39 is 6.98 Å². The first kappa shape index (κ1) is 10.4. The van der Waals surface area contributed by atoms with Crippen LogP contribution in [0.2, 0.25) is 0 Å². The van der Waals surface area contributed by atoms with Gasteiger partial charge in [-0.1, -0.05) is 17.6 Å². The number of anilines is 1. The van der Waals surface area contributed by atoms with Crippen LogP contribution in [0.4, 0.5) is 5.69 Å². The molecule has 0 radical (unpaired) electrons. The molecule has 0 saturated carbocycles. The maximum absolute atomic E-state index is 7.70. The van der Waals surface area contributed by atoms with Crippen molar-refractivity contribution in [2.75, 3.05) is 18.8 Å². The highest BCUT2D eigenvalue weighted by Crippen LogP contribution is 2.40. The Morgan fingerprint density at radius 2 is 2.09 bits per heavy atom. The maximum Gasteiger partial charge on any atom is 0.408 e. The normalized spacial score (nSPS) is 23.5. The summed E-state index contributed by atoms with van der Waals surface area (Å²) in [7, 11) is 2.03. The Morgan fingerprint density at radius 1 is 1.27 bits per heavy atom. The van der Waals surface area contributed by atoms with Crippen molar-refractivity contribution in [1.82, 2.24) is 9.71 Å². The molecule has 0 saturated heterocycles. The predicted molar refractivity (Wildman–Crippen MR) is 92.2 cm³/mol. The van der Waals surface area contributed by atoms with E-state index in [4.69, 9.17) is 8.53 Å². The molecule has 0 unspecified atom stereocenters. The van der Waals surface area contributed by atoms with E-state index in [-0.39, 0.29) is 13.1 Å². The Hall–Kier alpha value is -2.30. The molecule has 0 amide bonds. The zero-order chi connectivity index (χ0) is 17.9. The molecule has 2 aliphatic rings. The van der Waals surface area contributed by atoms with Gasteiger partial charge in [0.1, 0.15) is 11.3 Å². The van der Waals surface area contributed by atoms with Crippen molar-refractivity contribution in [3.05, 3.63) is 47.9 Å². The highest BCUT2D eigenvalue weighted by molar-refractivity contribution is 6.70. The molecule has 3 heterocycles. The summed E-state index contributed by atoms with van der Waals surface area (Å²) in [6, 6.07) is 7.98. The maximum atomic E-state index is 7.70. The Kier molecular flexibility index (Phi) is 2.18. The van der Waals surface area contributed by atoms with Crippen LogP contribution in [0.5, 0.6) is 0 Å². The van der Waals surface area contributed by atoms with Crippen LogP contribution < -0.4 is 4.81 Å². The van der Waals surface area contributed by atoms with Crippen molar-refractivity contribution in [3.8, 4) is 0 Å². The van der Waals surface area contributed by atoms with Crippen molar-refractivity contribution in [2.24, 2.45) is 0 Å². The number of rotatable bonds is 1. The van der Waals surface area contributed by atoms with E-state index in [0.717, 1.165) is 27.9 Å². The second-order valence-corrected chi connectivity index (χ2v) is 5.97. The number of hydrogen-bond donors (Lipinski definition) is 0. The van der Waals surface area contributed by atoms with E-state index in [0.29, 0.717) is 0 Å². The minimum Gasteiger partial charge on any atom is -0.455 e. The van der Waals surface area contributed by atoms with Gasteiger partial charge in [-0.15, -0.1) is 0 Å². The molecule has 0 fully saturated rings. The van der Waals surface area contributed by atoms with Gasteiger partial charge >= 0.3 is 6.98 Å². The molecule has 5 heteroatoms. The van der Waals surface area contributed by atoms with Crippen LogP contribution in [0.1, 0.15) is 23.7 Å². The topological polar surface area (TPSA) is 22.9 Å². The number of furan rings is 1. The third kappa shape index (κ3) is 1.71. The van der Waals surface area contributed by atoms with Crippen LogP contribution in [-0.2, 0) is 0 Å². The Bertz CT molecular complexity index is 889. The fourth-order valence-electron chi connectivity index (χ4n) is 3.48. The summed E-state index contributed by atoms with van der Waals surface area (Å²) in [5.74, 6) is 0.848. The second-order valence-electron chi connectivity index (χ2n) is 5.97. The van der Waals surface area contributed by atoms with E-state index in [2.05, 4.69) is 28.7 Å². The van der Waals surface area contributed by atoms with Crippen molar-refractivity contribution in [2.45, 2.75) is 20.0 Å². The van der Waals surface area contributed by atoms with E-state index >= 15 is 0 Å². The molecule has 4 rings (SSSR count). The van der Waals surface area contributed by atoms with Gasteiger partial charge in [0.25, 0.3) is 0 Å². The van der Waals surface area contributed by atoms with E-state index in [1.54, 1.807) is 6.20 Å². The SMILES string of the molecule is [2H]C([2H])([2H])N1C=CN(B2C(C)=Cc3oc4ccccc4c3N2C)[C@H]1C. The highest BCUT2D eigenvalue weighted by Gasteiger charge is 2.39. The zero-order valence-electron chi connectivity index (χ0n) is 15.9. The lowest BCUT2D eigenvalue weighted by atomic mass is 9.61. The molecule has 1 aromatic heterocycles. The lowest BCUT2D eigenvalue weighted by molar-refractivity contribution is 0.272. The molecule has 2 aromatic rings. The van der Waals surface area contributed by atoms with Gasteiger partial charge in [-0.3, -0.25) is 0 Å². The standard InChI is InChI=1S/C17H20BN3O/c1-12-11-16-17(14-7-5-6-8-15(14)22-16)20(4)18(12)21-10-9-19(3)13(21)2/h5-11,13H,1-4H3/t13-/m0/s1/i3D3. The summed E-state index contributed by atoms with van der Waals surface area (Å²) in [6.07, 6.45) is 5.31. The fourth-order valence-corrected chi connectivity index (χ4v) is 3.48. The van der Waals surface area contributed by atoms with E-state index in [1.807, 2.05) is 38.4 Å². The number of nitrogens with zero attached hydrogens (tertiary/aromatic N) is 3. The third-order valence-electron chi connectivity index (χ3n) is 4.60. The van der Waals surface area contributed by atoms with Crippen LogP contribution >= 0.6 is 0 Å². The quantitative estimate of drug-likeness (QED) is 0.752. The largest absolute Gasteiger partial charge is 0.455 e. The summed E-state index contributed by atoms with van der Waals surface area (Å²) in [4.78, 5) is 5.65. The van der Waals surface area contributed by atoms with Gasteiger partial charge < -0.3 is 18.9 Å². The molecular weight excluding hydrogens is 273 g/mol. The molecule has 4 nitrogen and oxygen atoms in total. The monoisotopic (exact) mass is 296 g/mol. The minimum atomic E-state index is -2.15. The number of para-hydroxylation sites is 1. The van der Waals surface area contributed by atoms with E-state index in [1.165, 1.54) is 4.90 Å². The van der Waals surface area contributed by atoms with Gasteiger partial charge in [-0.2, -0.15) is 0 Å². The van der Waals surface area contributed by atoms with Gasteiger partial charge in [0.05, 0.1) is 11.9 Å². The summed E-state index contributed by atoms with van der Waals surface area (Å²) in [5.41, 5.74) is 3.01. The minimum absolute atomic E-state index is 0.0629. The fraction of sp³-hybridized carbons (Fsp3) is 0.294. The number of benzene rings is 1. The van der Waals surface area contributed by atoms with Gasteiger partial charge in [-0.25, -0.2) is 0 Å². The van der Waals surface area contributed by atoms with Crippen molar-refractivity contribution in [1.29, 1.82) is 0 Å². The molecule has 2 aliphatic heterocycles.